The normalized spacial score (nSPS) is 51.7. The minimum absolute atomic E-state index is 0.176. The molecule has 0 spiro atoms. The maximum Gasteiger partial charge on any atom is 0.303 e. The van der Waals surface area contributed by atoms with Gasteiger partial charge in [-0.3, -0.25) is 4.79 Å². The zero-order valence-corrected chi connectivity index (χ0v) is 17.9. The van der Waals surface area contributed by atoms with Gasteiger partial charge in [0.15, 0.2) is 0 Å². The van der Waals surface area contributed by atoms with Crippen molar-refractivity contribution in [1.82, 2.24) is 0 Å². The van der Waals surface area contributed by atoms with Crippen LogP contribution >= 0.6 is 0 Å². The number of aliphatic hydroxyl groups is 2. The Morgan fingerprint density at radius 3 is 2.36 bits per heavy atom. The van der Waals surface area contributed by atoms with Gasteiger partial charge in [0.1, 0.15) is 0 Å². The second-order valence-electron chi connectivity index (χ2n) is 11.4. The molecule has 160 valence electrons. The van der Waals surface area contributed by atoms with Crippen LogP contribution in [0.3, 0.4) is 0 Å². The molecule has 4 saturated carbocycles. The molecule has 0 aliphatic heterocycles. The molecule has 4 aliphatic rings. The summed E-state index contributed by atoms with van der Waals surface area (Å²) < 4.78 is 0. The summed E-state index contributed by atoms with van der Waals surface area (Å²) >= 11 is 0. The van der Waals surface area contributed by atoms with Crippen LogP contribution in [0.25, 0.3) is 0 Å². The summed E-state index contributed by atoms with van der Waals surface area (Å²) in [6.07, 6.45) is 9.16. The molecule has 0 aromatic carbocycles. The van der Waals surface area contributed by atoms with Crippen molar-refractivity contribution in [2.24, 2.45) is 46.3 Å². The van der Waals surface area contributed by atoms with Gasteiger partial charge in [-0.2, -0.15) is 0 Å². The Morgan fingerprint density at radius 2 is 1.64 bits per heavy atom. The minimum Gasteiger partial charge on any atom is -0.481 e. The van der Waals surface area contributed by atoms with Gasteiger partial charge in [-0.05, 0) is 104 Å². The highest BCUT2D eigenvalue weighted by Crippen LogP contribution is 2.68. The van der Waals surface area contributed by atoms with Crippen LogP contribution in [0.4, 0.5) is 0 Å². The smallest absolute Gasteiger partial charge is 0.303 e. The lowest BCUT2D eigenvalue weighted by molar-refractivity contribution is -0.172. The molecular weight excluding hydrogens is 352 g/mol. The van der Waals surface area contributed by atoms with Gasteiger partial charge in [-0.1, -0.05) is 20.8 Å². The van der Waals surface area contributed by atoms with Crippen molar-refractivity contribution in [1.29, 1.82) is 0 Å². The fourth-order valence-electron chi connectivity index (χ4n) is 8.81. The molecule has 4 aliphatic carbocycles. The van der Waals surface area contributed by atoms with E-state index in [9.17, 15) is 15.0 Å². The van der Waals surface area contributed by atoms with Crippen molar-refractivity contribution in [2.45, 2.75) is 97.2 Å². The lowest BCUT2D eigenvalue weighted by Crippen LogP contribution is -2.58. The molecule has 0 aromatic rings. The molecule has 4 fully saturated rings. The molecule has 0 heterocycles. The maximum atomic E-state index is 11.1. The van der Waals surface area contributed by atoms with Gasteiger partial charge < -0.3 is 15.3 Å². The van der Waals surface area contributed by atoms with Gasteiger partial charge in [0, 0.05) is 6.42 Å². The van der Waals surface area contributed by atoms with Crippen LogP contribution < -0.4 is 0 Å². The number of carboxylic acids is 1. The molecule has 0 bridgehead atoms. The van der Waals surface area contributed by atoms with E-state index in [0.717, 1.165) is 32.1 Å². The van der Waals surface area contributed by atoms with E-state index in [-0.39, 0.29) is 30.0 Å². The zero-order valence-electron chi connectivity index (χ0n) is 17.9. The standard InChI is InChI=1S/C24H40O4/c1-14(4-7-22(27)28)17-5-6-18-16-13-21(26)20-12-15(25)8-10-24(20,3)19(16)9-11-23(17,18)2/h14-21,25-26H,4-13H2,1-3H3,(H,27,28)/t14-,15-,16?,17?,18?,19?,20+,21+,23-,24-/m1/s1. The van der Waals surface area contributed by atoms with E-state index in [2.05, 4.69) is 20.8 Å². The molecular formula is C24H40O4. The molecule has 4 unspecified atom stereocenters. The third-order valence-corrected chi connectivity index (χ3v) is 10.2. The van der Waals surface area contributed by atoms with Gasteiger partial charge in [0.2, 0.25) is 0 Å². The molecule has 0 saturated heterocycles. The van der Waals surface area contributed by atoms with E-state index in [1.807, 2.05) is 0 Å². The molecule has 0 aromatic heterocycles. The number of rotatable bonds is 4. The molecule has 0 radical (unpaired) electrons. The van der Waals surface area contributed by atoms with Crippen LogP contribution in [0, 0.1) is 46.3 Å². The zero-order chi connectivity index (χ0) is 20.3. The number of carbonyl (C=O) groups is 1. The van der Waals surface area contributed by atoms with Crippen molar-refractivity contribution in [3.63, 3.8) is 0 Å². The fraction of sp³-hybridized carbons (Fsp3) is 0.958. The first kappa shape index (κ1) is 20.7. The summed E-state index contributed by atoms with van der Waals surface area (Å²) in [6.45, 7) is 7.16. The molecule has 4 heteroatoms. The Labute approximate surface area is 170 Å². The Morgan fingerprint density at radius 1 is 0.964 bits per heavy atom. The van der Waals surface area contributed by atoms with Gasteiger partial charge in [-0.15, -0.1) is 0 Å². The van der Waals surface area contributed by atoms with E-state index in [1.54, 1.807) is 0 Å². The topological polar surface area (TPSA) is 77.8 Å². The second-order valence-corrected chi connectivity index (χ2v) is 11.4. The van der Waals surface area contributed by atoms with E-state index >= 15 is 0 Å². The SMILES string of the molecule is C[C@H](CCC(=O)O)C1CCC2C3C[C@H](O)[C@@H]4C[C@H](O)CC[C@]4(C)C3CC[C@@]21C. The average Bonchev–Trinajstić information content (AvgIpc) is 2.99. The monoisotopic (exact) mass is 392 g/mol. The highest BCUT2D eigenvalue weighted by molar-refractivity contribution is 5.66. The van der Waals surface area contributed by atoms with E-state index in [4.69, 9.17) is 5.11 Å². The van der Waals surface area contributed by atoms with Crippen LogP contribution in [0.1, 0.15) is 85.0 Å². The fourth-order valence-corrected chi connectivity index (χ4v) is 8.81. The van der Waals surface area contributed by atoms with Crippen LogP contribution in [0.2, 0.25) is 0 Å². The first-order valence-electron chi connectivity index (χ1n) is 11.7. The Hall–Kier alpha value is -0.610. The van der Waals surface area contributed by atoms with Crippen LogP contribution in [0.5, 0.6) is 0 Å². The lowest BCUT2D eigenvalue weighted by Gasteiger charge is -2.62. The lowest BCUT2D eigenvalue weighted by atomic mass is 9.44. The van der Waals surface area contributed by atoms with Gasteiger partial charge in [-0.25, -0.2) is 0 Å². The van der Waals surface area contributed by atoms with Crippen LogP contribution in [-0.4, -0.2) is 33.5 Å². The molecule has 0 amide bonds. The highest BCUT2D eigenvalue weighted by Gasteiger charge is 2.62. The summed E-state index contributed by atoms with van der Waals surface area (Å²) in [6, 6.07) is 0. The summed E-state index contributed by atoms with van der Waals surface area (Å²) in [7, 11) is 0. The second kappa shape index (κ2) is 7.27. The van der Waals surface area contributed by atoms with Gasteiger partial charge in [0.25, 0.3) is 0 Å². The number of hydrogen-bond acceptors (Lipinski definition) is 3. The predicted octanol–water partition coefficient (Wildman–Crippen LogP) is 4.48. The van der Waals surface area contributed by atoms with Gasteiger partial charge >= 0.3 is 5.97 Å². The predicted molar refractivity (Wildman–Crippen MR) is 109 cm³/mol. The van der Waals surface area contributed by atoms with E-state index in [1.165, 1.54) is 25.7 Å². The van der Waals surface area contributed by atoms with Crippen molar-refractivity contribution in [3.05, 3.63) is 0 Å². The Balaban J connectivity index is 1.55. The van der Waals surface area contributed by atoms with E-state index in [0.29, 0.717) is 35.0 Å². The first-order chi connectivity index (χ1) is 13.2. The molecule has 3 N–H and O–H groups in total. The molecule has 4 nitrogen and oxygen atoms in total. The third kappa shape index (κ3) is 3.14. The number of fused-ring (bicyclic) bond motifs is 5. The van der Waals surface area contributed by atoms with Gasteiger partial charge in [0.05, 0.1) is 12.2 Å². The maximum absolute atomic E-state index is 11.1. The number of aliphatic hydroxyl groups excluding tert-OH is 2. The summed E-state index contributed by atoms with van der Waals surface area (Å²) in [5.41, 5.74) is 0.478. The molecule has 4 rings (SSSR count). The third-order valence-electron chi connectivity index (χ3n) is 10.2. The van der Waals surface area contributed by atoms with Crippen LogP contribution in [0.15, 0.2) is 0 Å². The van der Waals surface area contributed by atoms with E-state index < -0.39 is 5.97 Å². The van der Waals surface area contributed by atoms with Crippen molar-refractivity contribution in [3.8, 4) is 0 Å². The number of hydrogen-bond donors (Lipinski definition) is 3. The summed E-state index contributed by atoms with van der Waals surface area (Å²) in [5, 5.41) is 30.4. The molecule has 10 atom stereocenters. The minimum atomic E-state index is -0.677. The Bertz CT molecular complexity index is 605. The highest BCUT2D eigenvalue weighted by atomic mass is 16.4. The van der Waals surface area contributed by atoms with Crippen LogP contribution in [-0.2, 0) is 4.79 Å². The van der Waals surface area contributed by atoms with Crippen molar-refractivity contribution >= 4 is 5.97 Å². The number of carboxylic acid groups (broad SMARTS) is 1. The quantitative estimate of drug-likeness (QED) is 0.659. The largest absolute Gasteiger partial charge is 0.481 e. The average molecular weight is 393 g/mol. The number of aliphatic carboxylic acids is 1. The first-order valence-corrected chi connectivity index (χ1v) is 11.7. The van der Waals surface area contributed by atoms with Crippen molar-refractivity contribution < 1.29 is 20.1 Å². The summed E-state index contributed by atoms with van der Waals surface area (Å²) in [5.74, 6) is 2.61. The van der Waals surface area contributed by atoms with Crippen molar-refractivity contribution in [2.75, 3.05) is 0 Å². The Kier molecular flexibility index (Phi) is 5.36. The molecule has 28 heavy (non-hydrogen) atoms. The summed E-state index contributed by atoms with van der Waals surface area (Å²) in [4.78, 5) is 11.1.